The first-order valence-corrected chi connectivity index (χ1v) is 5.80. The minimum Gasteiger partial charge on any atom is -0.478 e. The van der Waals surface area contributed by atoms with Crippen LogP contribution in [0.1, 0.15) is 29.3 Å². The molecule has 0 spiro atoms. The molecule has 1 aromatic rings. The monoisotopic (exact) mass is 250 g/mol. The van der Waals surface area contributed by atoms with Crippen molar-refractivity contribution in [2.24, 2.45) is 11.7 Å². The second-order valence-electron chi connectivity index (χ2n) is 4.32. The van der Waals surface area contributed by atoms with E-state index in [0.717, 1.165) is 5.56 Å². The van der Waals surface area contributed by atoms with Crippen LogP contribution < -0.4 is 11.1 Å². The van der Waals surface area contributed by atoms with E-state index in [1.165, 1.54) is 6.07 Å². The molecule has 0 aliphatic rings. The summed E-state index contributed by atoms with van der Waals surface area (Å²) in [6.45, 7) is 3.99. The summed E-state index contributed by atoms with van der Waals surface area (Å²) < 4.78 is 0. The van der Waals surface area contributed by atoms with Gasteiger partial charge in [-0.25, -0.2) is 4.79 Å². The van der Waals surface area contributed by atoms with Gasteiger partial charge in [-0.2, -0.15) is 0 Å². The molecule has 1 amide bonds. The molecule has 1 aromatic carbocycles. The third-order valence-electron chi connectivity index (χ3n) is 2.71. The Morgan fingerprint density at radius 1 is 1.44 bits per heavy atom. The van der Waals surface area contributed by atoms with Crippen molar-refractivity contribution in [3.05, 3.63) is 29.3 Å². The van der Waals surface area contributed by atoms with Crippen LogP contribution in [0.25, 0.3) is 0 Å². The number of benzene rings is 1. The lowest BCUT2D eigenvalue weighted by Gasteiger charge is -2.13. The van der Waals surface area contributed by atoms with Crippen LogP contribution in [0.15, 0.2) is 18.2 Å². The van der Waals surface area contributed by atoms with Gasteiger partial charge in [0.25, 0.3) is 0 Å². The van der Waals surface area contributed by atoms with Crippen LogP contribution in [0.5, 0.6) is 0 Å². The summed E-state index contributed by atoms with van der Waals surface area (Å²) in [5, 5.41) is 11.7. The van der Waals surface area contributed by atoms with Crippen molar-refractivity contribution in [2.75, 3.05) is 11.9 Å². The minimum atomic E-state index is -1.06. The fourth-order valence-corrected chi connectivity index (χ4v) is 1.58. The van der Waals surface area contributed by atoms with E-state index in [1.807, 2.05) is 0 Å². The molecule has 5 nitrogen and oxygen atoms in total. The molecule has 0 heterocycles. The normalized spacial score (nSPS) is 11.9. The third kappa shape index (κ3) is 3.56. The Hall–Kier alpha value is -1.88. The molecule has 0 aromatic heterocycles. The molecule has 1 atom stereocenters. The van der Waals surface area contributed by atoms with Crippen molar-refractivity contribution in [1.29, 1.82) is 0 Å². The van der Waals surface area contributed by atoms with E-state index in [2.05, 4.69) is 5.32 Å². The van der Waals surface area contributed by atoms with Gasteiger partial charge in [-0.15, -0.1) is 0 Å². The molecule has 0 bridgehead atoms. The smallest absolute Gasteiger partial charge is 0.337 e. The molecule has 0 aliphatic heterocycles. The Labute approximate surface area is 106 Å². The van der Waals surface area contributed by atoms with Crippen LogP contribution in [0.3, 0.4) is 0 Å². The number of carbonyl (C=O) groups excluding carboxylic acids is 1. The van der Waals surface area contributed by atoms with Crippen molar-refractivity contribution in [3.8, 4) is 0 Å². The van der Waals surface area contributed by atoms with Gasteiger partial charge in [0.1, 0.15) is 0 Å². The lowest BCUT2D eigenvalue weighted by atomic mass is 10.1. The van der Waals surface area contributed by atoms with Gasteiger partial charge in [0.05, 0.1) is 11.3 Å². The summed E-state index contributed by atoms with van der Waals surface area (Å²) in [5.74, 6) is -1.51. The molecule has 18 heavy (non-hydrogen) atoms. The van der Waals surface area contributed by atoms with E-state index in [9.17, 15) is 9.59 Å². The Balaban J connectivity index is 2.90. The average molecular weight is 250 g/mol. The second kappa shape index (κ2) is 6.16. The number of nitrogens with one attached hydrogen (secondary N) is 1. The predicted molar refractivity (Wildman–Crippen MR) is 69.6 cm³/mol. The number of carboxylic acids is 1. The maximum absolute atomic E-state index is 11.8. The lowest BCUT2D eigenvalue weighted by molar-refractivity contribution is -0.119. The number of carboxylic acid groups (broad SMARTS) is 1. The highest BCUT2D eigenvalue weighted by Gasteiger charge is 2.16. The maximum atomic E-state index is 11.8. The molecule has 1 unspecified atom stereocenters. The van der Waals surface area contributed by atoms with Crippen LogP contribution in [0, 0.1) is 12.8 Å². The van der Waals surface area contributed by atoms with E-state index < -0.39 is 5.97 Å². The summed E-state index contributed by atoms with van der Waals surface area (Å²) in [7, 11) is 0. The number of rotatable bonds is 5. The van der Waals surface area contributed by atoms with Gasteiger partial charge < -0.3 is 16.2 Å². The van der Waals surface area contributed by atoms with Crippen molar-refractivity contribution >= 4 is 17.6 Å². The Morgan fingerprint density at radius 2 is 2.11 bits per heavy atom. The standard InChI is InChI=1S/C13H18N2O3/c1-8-3-4-11(10(7-8)13(17)18)15-12(16)9(2)5-6-14/h3-4,7,9H,5-6,14H2,1-2H3,(H,15,16)(H,17,18). The van der Waals surface area contributed by atoms with E-state index >= 15 is 0 Å². The number of carbonyl (C=O) groups is 2. The zero-order valence-electron chi connectivity index (χ0n) is 10.6. The second-order valence-corrected chi connectivity index (χ2v) is 4.32. The molecule has 1 rings (SSSR count). The lowest BCUT2D eigenvalue weighted by Crippen LogP contribution is -2.23. The number of amides is 1. The summed E-state index contributed by atoms with van der Waals surface area (Å²) in [6, 6.07) is 4.90. The molecular weight excluding hydrogens is 232 g/mol. The van der Waals surface area contributed by atoms with E-state index in [4.69, 9.17) is 10.8 Å². The van der Waals surface area contributed by atoms with Crippen molar-refractivity contribution in [2.45, 2.75) is 20.3 Å². The van der Waals surface area contributed by atoms with Crippen LogP contribution in [0.4, 0.5) is 5.69 Å². The number of hydrogen-bond donors (Lipinski definition) is 3. The average Bonchev–Trinajstić information content (AvgIpc) is 2.31. The molecule has 0 saturated heterocycles. The molecule has 0 aliphatic carbocycles. The van der Waals surface area contributed by atoms with Gasteiger partial charge in [0.15, 0.2) is 0 Å². The topological polar surface area (TPSA) is 92.4 Å². The van der Waals surface area contributed by atoms with Gasteiger partial charge in [-0.05, 0) is 32.0 Å². The highest BCUT2D eigenvalue weighted by Crippen LogP contribution is 2.18. The first-order valence-electron chi connectivity index (χ1n) is 5.80. The summed E-state index contributed by atoms with van der Waals surface area (Å²) in [4.78, 5) is 22.9. The first-order chi connectivity index (χ1) is 8.45. The molecule has 0 saturated carbocycles. The highest BCUT2D eigenvalue weighted by atomic mass is 16.4. The largest absolute Gasteiger partial charge is 0.478 e. The Kier molecular flexibility index (Phi) is 4.85. The zero-order valence-corrected chi connectivity index (χ0v) is 10.6. The zero-order chi connectivity index (χ0) is 13.7. The van der Waals surface area contributed by atoms with Crippen molar-refractivity contribution in [3.63, 3.8) is 0 Å². The summed E-state index contributed by atoms with van der Waals surface area (Å²) in [6.07, 6.45) is 0.570. The Bertz CT molecular complexity index is 458. The maximum Gasteiger partial charge on any atom is 0.337 e. The molecular formula is C13H18N2O3. The number of aryl methyl sites for hydroxylation is 1. The van der Waals surface area contributed by atoms with E-state index in [1.54, 1.807) is 26.0 Å². The van der Waals surface area contributed by atoms with E-state index in [-0.39, 0.29) is 17.4 Å². The third-order valence-corrected chi connectivity index (χ3v) is 2.71. The molecule has 0 fully saturated rings. The number of nitrogens with two attached hydrogens (primary N) is 1. The summed E-state index contributed by atoms with van der Waals surface area (Å²) >= 11 is 0. The van der Waals surface area contributed by atoms with Crippen LogP contribution in [-0.2, 0) is 4.79 Å². The fourth-order valence-electron chi connectivity index (χ4n) is 1.58. The number of hydrogen-bond acceptors (Lipinski definition) is 3. The minimum absolute atomic E-state index is 0.100. The van der Waals surface area contributed by atoms with Crippen LogP contribution in [0.2, 0.25) is 0 Å². The van der Waals surface area contributed by atoms with Gasteiger partial charge >= 0.3 is 5.97 Å². The summed E-state index contributed by atoms with van der Waals surface area (Å²) in [5.41, 5.74) is 6.64. The van der Waals surface area contributed by atoms with Gasteiger partial charge in [-0.3, -0.25) is 4.79 Å². The van der Waals surface area contributed by atoms with Crippen molar-refractivity contribution in [1.82, 2.24) is 0 Å². The predicted octanol–water partition coefficient (Wildman–Crippen LogP) is 1.62. The van der Waals surface area contributed by atoms with Gasteiger partial charge in [0.2, 0.25) is 5.91 Å². The van der Waals surface area contributed by atoms with Crippen LogP contribution in [-0.4, -0.2) is 23.5 Å². The molecule has 4 N–H and O–H groups in total. The van der Waals surface area contributed by atoms with E-state index in [0.29, 0.717) is 18.7 Å². The molecule has 98 valence electrons. The van der Waals surface area contributed by atoms with Gasteiger partial charge in [0, 0.05) is 5.92 Å². The Morgan fingerprint density at radius 3 is 2.67 bits per heavy atom. The first kappa shape index (κ1) is 14.2. The van der Waals surface area contributed by atoms with Crippen molar-refractivity contribution < 1.29 is 14.7 Å². The fraction of sp³-hybridized carbons (Fsp3) is 0.385. The highest BCUT2D eigenvalue weighted by molar-refractivity contribution is 6.01. The SMILES string of the molecule is Cc1ccc(NC(=O)C(C)CCN)c(C(=O)O)c1. The molecule has 5 heteroatoms. The molecule has 0 radical (unpaired) electrons. The number of anilines is 1. The number of aromatic carboxylic acids is 1. The quantitative estimate of drug-likeness (QED) is 0.740. The van der Waals surface area contributed by atoms with Crippen LogP contribution >= 0.6 is 0 Å². The van der Waals surface area contributed by atoms with Gasteiger partial charge in [-0.1, -0.05) is 18.6 Å².